The number of aromatic nitrogens is 4. The van der Waals surface area contributed by atoms with Crippen molar-refractivity contribution in [2.24, 2.45) is 0 Å². The molecule has 0 bridgehead atoms. The summed E-state index contributed by atoms with van der Waals surface area (Å²) in [4.78, 5) is 4.50. The fraction of sp³-hybridized carbons (Fsp3) is 0.105. The maximum atomic E-state index is 5.77. The van der Waals surface area contributed by atoms with Gasteiger partial charge in [0.2, 0.25) is 5.89 Å². The molecule has 25 heavy (non-hydrogen) atoms. The average Bonchev–Trinajstić information content (AvgIpc) is 3.24. The van der Waals surface area contributed by atoms with Gasteiger partial charge in [-0.05, 0) is 12.1 Å². The van der Waals surface area contributed by atoms with E-state index in [1.165, 1.54) is 0 Å². The average molecular weight is 348 g/mol. The Morgan fingerprint density at radius 1 is 1.04 bits per heavy atom. The van der Waals surface area contributed by atoms with E-state index in [0.717, 1.165) is 27.6 Å². The normalized spacial score (nSPS) is 11.0. The van der Waals surface area contributed by atoms with Crippen molar-refractivity contribution in [2.75, 3.05) is 0 Å². The Morgan fingerprint density at radius 2 is 1.84 bits per heavy atom. The van der Waals surface area contributed by atoms with Crippen LogP contribution in [0.15, 0.2) is 76.8 Å². The van der Waals surface area contributed by atoms with Crippen molar-refractivity contribution in [1.82, 2.24) is 19.7 Å². The zero-order chi connectivity index (χ0) is 17.1. The standard InChI is InChI=1S/C19H16N4OS/c1-2-12-23-18(14-8-4-3-5-9-14)21-22-19(23)25-13-17-20-15-10-6-7-11-16(15)24-17/h2-11H,1,12-13H2. The van der Waals surface area contributed by atoms with Crippen molar-refractivity contribution in [3.05, 3.63) is 73.1 Å². The van der Waals surface area contributed by atoms with Gasteiger partial charge in [-0.1, -0.05) is 60.3 Å². The summed E-state index contributed by atoms with van der Waals surface area (Å²) in [7, 11) is 0. The summed E-state index contributed by atoms with van der Waals surface area (Å²) >= 11 is 1.56. The summed E-state index contributed by atoms with van der Waals surface area (Å²) in [6, 6.07) is 17.8. The van der Waals surface area contributed by atoms with Crippen molar-refractivity contribution in [1.29, 1.82) is 0 Å². The van der Waals surface area contributed by atoms with Gasteiger partial charge in [0.25, 0.3) is 0 Å². The largest absolute Gasteiger partial charge is 0.440 e. The van der Waals surface area contributed by atoms with Gasteiger partial charge in [0.05, 0.1) is 5.75 Å². The molecule has 2 aromatic carbocycles. The SMILES string of the molecule is C=CCn1c(SCc2nc3ccccc3o2)nnc1-c1ccccc1. The summed E-state index contributed by atoms with van der Waals surface area (Å²) in [5, 5.41) is 9.51. The van der Waals surface area contributed by atoms with Gasteiger partial charge in [0.15, 0.2) is 16.6 Å². The third kappa shape index (κ3) is 3.21. The second-order valence-corrected chi connectivity index (χ2v) is 6.38. The zero-order valence-electron chi connectivity index (χ0n) is 13.5. The third-order valence-electron chi connectivity index (χ3n) is 3.72. The van der Waals surface area contributed by atoms with Gasteiger partial charge in [-0.15, -0.1) is 16.8 Å². The highest BCUT2D eigenvalue weighted by molar-refractivity contribution is 7.98. The van der Waals surface area contributed by atoms with E-state index < -0.39 is 0 Å². The molecule has 2 aromatic heterocycles. The molecule has 4 rings (SSSR count). The minimum absolute atomic E-state index is 0.596. The van der Waals surface area contributed by atoms with E-state index >= 15 is 0 Å². The highest BCUT2D eigenvalue weighted by Gasteiger charge is 2.14. The molecule has 0 atom stereocenters. The fourth-order valence-electron chi connectivity index (χ4n) is 2.60. The highest BCUT2D eigenvalue weighted by Crippen LogP contribution is 2.27. The van der Waals surface area contributed by atoms with E-state index in [1.807, 2.05) is 60.7 Å². The predicted octanol–water partition coefficient (Wildman–Crippen LogP) is 4.56. The Labute approximate surface area is 149 Å². The number of nitrogens with zero attached hydrogens (tertiary/aromatic N) is 4. The Balaban J connectivity index is 1.59. The second-order valence-electron chi connectivity index (χ2n) is 5.44. The van der Waals surface area contributed by atoms with E-state index in [2.05, 4.69) is 26.3 Å². The Bertz CT molecular complexity index is 974. The van der Waals surface area contributed by atoms with Crippen molar-refractivity contribution in [2.45, 2.75) is 17.5 Å². The number of thioether (sulfide) groups is 1. The molecule has 0 unspecified atom stereocenters. The molecule has 0 saturated heterocycles. The lowest BCUT2D eigenvalue weighted by Gasteiger charge is -2.06. The molecule has 0 saturated carbocycles. The predicted molar refractivity (Wildman–Crippen MR) is 99.2 cm³/mol. The lowest BCUT2D eigenvalue weighted by Crippen LogP contribution is -2.00. The van der Waals surface area contributed by atoms with Crippen molar-refractivity contribution in [3.8, 4) is 11.4 Å². The molecule has 6 heteroatoms. The van der Waals surface area contributed by atoms with Crippen molar-refractivity contribution >= 4 is 22.9 Å². The third-order valence-corrected chi connectivity index (χ3v) is 4.67. The Kier molecular flexibility index (Phi) is 4.35. The van der Waals surface area contributed by atoms with Gasteiger partial charge in [0, 0.05) is 12.1 Å². The fourth-order valence-corrected chi connectivity index (χ4v) is 3.39. The molecule has 124 valence electrons. The van der Waals surface area contributed by atoms with Crippen LogP contribution in [0.2, 0.25) is 0 Å². The van der Waals surface area contributed by atoms with Crippen LogP contribution in [0.3, 0.4) is 0 Å². The van der Waals surface area contributed by atoms with Crippen LogP contribution in [0.4, 0.5) is 0 Å². The molecule has 0 N–H and O–H groups in total. The quantitative estimate of drug-likeness (QED) is 0.377. The molecular weight excluding hydrogens is 332 g/mol. The molecule has 5 nitrogen and oxygen atoms in total. The van der Waals surface area contributed by atoms with Gasteiger partial charge in [-0.25, -0.2) is 4.98 Å². The summed E-state index contributed by atoms with van der Waals surface area (Å²) in [6.45, 7) is 4.49. The smallest absolute Gasteiger partial charge is 0.205 e. The Hall–Kier alpha value is -2.86. The van der Waals surface area contributed by atoms with Crippen LogP contribution in [-0.2, 0) is 12.3 Å². The van der Waals surface area contributed by atoms with Crippen LogP contribution < -0.4 is 0 Å². The number of oxazole rings is 1. The van der Waals surface area contributed by atoms with Crippen LogP contribution in [0.25, 0.3) is 22.5 Å². The number of hydrogen-bond acceptors (Lipinski definition) is 5. The van der Waals surface area contributed by atoms with Crippen LogP contribution >= 0.6 is 11.8 Å². The first-order valence-electron chi connectivity index (χ1n) is 7.92. The first-order valence-corrected chi connectivity index (χ1v) is 8.90. The molecule has 0 radical (unpaired) electrons. The first kappa shape index (κ1) is 15.7. The molecule has 4 aromatic rings. The number of para-hydroxylation sites is 2. The monoisotopic (exact) mass is 348 g/mol. The van der Waals surface area contributed by atoms with Crippen molar-refractivity contribution < 1.29 is 4.42 Å². The number of allylic oxidation sites excluding steroid dienone is 1. The minimum Gasteiger partial charge on any atom is -0.440 e. The van der Waals surface area contributed by atoms with Gasteiger partial charge >= 0.3 is 0 Å². The van der Waals surface area contributed by atoms with Crippen LogP contribution in [0.5, 0.6) is 0 Å². The minimum atomic E-state index is 0.596. The lowest BCUT2D eigenvalue weighted by atomic mass is 10.2. The van der Waals surface area contributed by atoms with E-state index in [1.54, 1.807) is 11.8 Å². The van der Waals surface area contributed by atoms with E-state index in [-0.39, 0.29) is 0 Å². The summed E-state index contributed by atoms with van der Waals surface area (Å²) in [5.41, 5.74) is 2.71. The van der Waals surface area contributed by atoms with Gasteiger partial charge < -0.3 is 4.42 Å². The van der Waals surface area contributed by atoms with Crippen LogP contribution in [0, 0.1) is 0 Å². The summed E-state index contributed by atoms with van der Waals surface area (Å²) in [5.74, 6) is 2.11. The molecule has 0 amide bonds. The molecule has 0 aliphatic rings. The molecule has 0 fully saturated rings. The Morgan fingerprint density at radius 3 is 2.64 bits per heavy atom. The van der Waals surface area contributed by atoms with Gasteiger partial charge in [0.1, 0.15) is 5.52 Å². The highest BCUT2D eigenvalue weighted by atomic mass is 32.2. The van der Waals surface area contributed by atoms with Gasteiger partial charge in [-0.3, -0.25) is 4.57 Å². The number of benzene rings is 2. The van der Waals surface area contributed by atoms with E-state index in [4.69, 9.17) is 4.42 Å². The van der Waals surface area contributed by atoms with E-state index in [0.29, 0.717) is 18.2 Å². The number of fused-ring (bicyclic) bond motifs is 1. The summed E-state index contributed by atoms with van der Waals surface area (Å²) < 4.78 is 7.82. The van der Waals surface area contributed by atoms with E-state index in [9.17, 15) is 0 Å². The maximum Gasteiger partial charge on any atom is 0.205 e. The number of rotatable bonds is 6. The zero-order valence-corrected chi connectivity index (χ0v) is 14.3. The lowest BCUT2D eigenvalue weighted by molar-refractivity contribution is 0.555. The molecule has 2 heterocycles. The molecule has 0 spiro atoms. The molecule has 0 aliphatic heterocycles. The van der Waals surface area contributed by atoms with Gasteiger partial charge in [-0.2, -0.15) is 0 Å². The second kappa shape index (κ2) is 6.94. The van der Waals surface area contributed by atoms with Crippen molar-refractivity contribution in [3.63, 3.8) is 0 Å². The van der Waals surface area contributed by atoms with Crippen LogP contribution in [0.1, 0.15) is 5.89 Å². The number of hydrogen-bond donors (Lipinski definition) is 0. The first-order chi connectivity index (χ1) is 12.3. The van der Waals surface area contributed by atoms with Crippen LogP contribution in [-0.4, -0.2) is 19.7 Å². The summed E-state index contributed by atoms with van der Waals surface area (Å²) in [6.07, 6.45) is 1.85. The topological polar surface area (TPSA) is 56.7 Å². The molecule has 0 aliphatic carbocycles. The maximum absolute atomic E-state index is 5.77. The molecular formula is C19H16N4OS.